The van der Waals surface area contributed by atoms with Gasteiger partial charge in [0.05, 0.1) is 42.7 Å². The molecule has 0 atom stereocenters. The molecule has 0 unspecified atom stereocenters. The molecule has 1 saturated heterocycles. The average Bonchev–Trinajstić information content (AvgIpc) is 3.87. The van der Waals surface area contributed by atoms with Gasteiger partial charge in [-0.15, -0.1) is 22.7 Å². The molecule has 10 nitrogen and oxygen atoms in total. The van der Waals surface area contributed by atoms with Crippen molar-refractivity contribution in [1.29, 1.82) is 0 Å². The summed E-state index contributed by atoms with van der Waals surface area (Å²) in [5.74, 6) is 2.31. The summed E-state index contributed by atoms with van der Waals surface area (Å²) in [4.78, 5) is 20.8. The molecule has 53 heavy (non-hydrogen) atoms. The third-order valence-electron chi connectivity index (χ3n) is 8.30. The highest BCUT2D eigenvalue weighted by Crippen LogP contribution is 2.36. The highest BCUT2D eigenvalue weighted by Gasteiger charge is 2.51. The molecular formula is C38H43BBr2N8O2S2. The van der Waals surface area contributed by atoms with Gasteiger partial charge in [-0.2, -0.15) is 0 Å². The van der Waals surface area contributed by atoms with Crippen LogP contribution in [0.2, 0.25) is 0 Å². The number of fused-ring (bicyclic) bond motifs is 2. The largest absolute Gasteiger partial charge is 0.494 e. The number of pyridine rings is 3. The van der Waals surface area contributed by atoms with Crippen LogP contribution in [0.15, 0.2) is 111 Å². The number of hydrogen-bond donors (Lipinski definition) is 3. The predicted octanol–water partition coefficient (Wildman–Crippen LogP) is 9.94. The van der Waals surface area contributed by atoms with E-state index in [1.807, 2.05) is 61.6 Å². The van der Waals surface area contributed by atoms with Crippen molar-refractivity contribution < 1.29 is 9.31 Å². The van der Waals surface area contributed by atoms with Gasteiger partial charge in [0, 0.05) is 47.2 Å². The zero-order valence-corrected chi connectivity index (χ0v) is 34.4. The quantitative estimate of drug-likeness (QED) is 0.147. The van der Waals surface area contributed by atoms with Gasteiger partial charge in [-0.3, -0.25) is 0 Å². The van der Waals surface area contributed by atoms with Crippen LogP contribution in [-0.2, 0) is 9.31 Å². The van der Waals surface area contributed by atoms with E-state index in [4.69, 9.17) is 15.0 Å². The normalized spacial score (nSPS) is 13.7. The second-order valence-electron chi connectivity index (χ2n) is 12.4. The van der Waals surface area contributed by atoms with E-state index in [1.54, 1.807) is 41.1 Å². The summed E-state index contributed by atoms with van der Waals surface area (Å²) in [5.41, 5.74) is 13.8. The van der Waals surface area contributed by atoms with Gasteiger partial charge in [-0.05, 0) is 131 Å². The SMILES string of the molecule is C.CC1(C)OB(c2ccc3scnc3c2)OC1(C)C.CNc1ccc(-c2ccc3scnc3c2)cn1.CNc1ccc(Br)cn1.Nc1ccc(Br)cn1. The van der Waals surface area contributed by atoms with Gasteiger partial charge in [-0.1, -0.05) is 19.6 Å². The maximum atomic E-state index is 6.03. The van der Waals surface area contributed by atoms with E-state index >= 15 is 0 Å². The first kappa shape index (κ1) is 41.8. The summed E-state index contributed by atoms with van der Waals surface area (Å²) < 4.78 is 16.4. The third kappa shape index (κ3) is 11.3. The minimum absolute atomic E-state index is 0. The maximum absolute atomic E-state index is 6.03. The number of nitrogen functional groups attached to an aromatic ring is 1. The summed E-state index contributed by atoms with van der Waals surface area (Å²) in [7, 11) is 3.40. The van der Waals surface area contributed by atoms with E-state index in [9.17, 15) is 0 Å². The van der Waals surface area contributed by atoms with Crippen molar-refractivity contribution in [1.82, 2.24) is 24.9 Å². The Labute approximate surface area is 336 Å². The average molecular weight is 879 g/mol. The molecule has 276 valence electrons. The number of rotatable bonds is 4. The van der Waals surface area contributed by atoms with Crippen molar-refractivity contribution in [2.45, 2.75) is 46.3 Å². The van der Waals surface area contributed by atoms with E-state index in [0.717, 1.165) is 48.2 Å². The fraction of sp³-hybridized carbons (Fsp3) is 0.237. The zero-order valence-electron chi connectivity index (χ0n) is 29.6. The van der Waals surface area contributed by atoms with Crippen LogP contribution in [-0.4, -0.2) is 57.3 Å². The molecule has 0 amide bonds. The lowest BCUT2D eigenvalue weighted by Gasteiger charge is -2.32. The molecule has 5 aromatic heterocycles. The van der Waals surface area contributed by atoms with Crippen molar-refractivity contribution in [2.24, 2.45) is 0 Å². The molecule has 2 aromatic carbocycles. The Balaban J connectivity index is 0.000000166. The second-order valence-corrected chi connectivity index (χ2v) is 16.0. The number of halogens is 2. The minimum Gasteiger partial charge on any atom is -0.399 e. The molecule has 1 aliphatic heterocycles. The van der Waals surface area contributed by atoms with E-state index in [2.05, 4.69) is 132 Å². The van der Waals surface area contributed by atoms with Crippen LogP contribution in [0.1, 0.15) is 35.1 Å². The topological polar surface area (TPSA) is 133 Å². The summed E-state index contributed by atoms with van der Waals surface area (Å²) in [6.07, 6.45) is 5.29. The standard InChI is InChI=1S/C13H16BNO2S.C13H11N3S.C6H7BrN2.C5H5BrN2.CH4/c1-12(2)13(3,4)17-14(16-12)9-5-6-11-10(7-9)15-8-18-11;1-14-13-5-3-10(7-15-13)9-2-4-12-11(6-9)16-8-17-12;1-8-6-3-2-5(7)4-9-6;6-4-1-2-5(7)8-3-4;/h5-8H,1-4H3;2-8H,1H3,(H,14,15);2-4H,1H3,(H,8,9);1-3H,(H2,7,8);1H4. The highest BCUT2D eigenvalue weighted by atomic mass is 79.9. The Morgan fingerprint density at radius 1 is 0.623 bits per heavy atom. The number of benzene rings is 2. The van der Waals surface area contributed by atoms with Crippen LogP contribution < -0.4 is 21.8 Å². The first-order valence-corrected chi connectivity index (χ1v) is 19.5. The van der Waals surface area contributed by atoms with Crippen LogP contribution >= 0.6 is 54.5 Å². The lowest BCUT2D eigenvalue weighted by atomic mass is 9.79. The third-order valence-corrected chi connectivity index (χ3v) is 10.9. The molecule has 7 aromatic rings. The zero-order chi connectivity index (χ0) is 37.3. The first-order chi connectivity index (χ1) is 24.9. The summed E-state index contributed by atoms with van der Waals surface area (Å²) in [5, 5.41) is 5.93. The minimum atomic E-state index is -0.305. The second kappa shape index (κ2) is 18.9. The molecular weight excluding hydrogens is 835 g/mol. The van der Waals surface area contributed by atoms with Gasteiger partial charge < -0.3 is 25.7 Å². The van der Waals surface area contributed by atoms with Crippen molar-refractivity contribution in [3.8, 4) is 11.1 Å². The smallest absolute Gasteiger partial charge is 0.399 e. The molecule has 0 radical (unpaired) electrons. The first-order valence-electron chi connectivity index (χ1n) is 16.2. The summed E-state index contributed by atoms with van der Waals surface area (Å²) in [6, 6.07) is 24.0. The van der Waals surface area contributed by atoms with Gasteiger partial charge in [0.1, 0.15) is 17.5 Å². The Morgan fingerprint density at radius 2 is 1.13 bits per heavy atom. The van der Waals surface area contributed by atoms with Gasteiger partial charge >= 0.3 is 7.12 Å². The van der Waals surface area contributed by atoms with Crippen molar-refractivity contribution in [3.05, 3.63) is 111 Å². The number of aromatic nitrogens is 5. The maximum Gasteiger partial charge on any atom is 0.494 e. The monoisotopic (exact) mass is 876 g/mol. The molecule has 0 bridgehead atoms. The Morgan fingerprint density at radius 3 is 1.62 bits per heavy atom. The van der Waals surface area contributed by atoms with Crippen LogP contribution in [0.3, 0.4) is 0 Å². The molecule has 15 heteroatoms. The van der Waals surface area contributed by atoms with Gasteiger partial charge in [0.2, 0.25) is 0 Å². The van der Waals surface area contributed by atoms with E-state index in [1.165, 1.54) is 9.40 Å². The van der Waals surface area contributed by atoms with Crippen LogP contribution in [0.5, 0.6) is 0 Å². The molecule has 0 spiro atoms. The van der Waals surface area contributed by atoms with Gasteiger partial charge in [-0.25, -0.2) is 24.9 Å². The Bertz CT molecular complexity index is 2150. The number of thiazole rings is 2. The number of hydrogen-bond acceptors (Lipinski definition) is 12. The van der Waals surface area contributed by atoms with Crippen molar-refractivity contribution >= 4 is 105 Å². The van der Waals surface area contributed by atoms with E-state index in [0.29, 0.717) is 5.82 Å². The fourth-order valence-electron chi connectivity index (χ4n) is 4.66. The molecule has 4 N–H and O–H groups in total. The Hall–Kier alpha value is -3.99. The van der Waals surface area contributed by atoms with Crippen molar-refractivity contribution in [3.63, 3.8) is 0 Å². The number of nitrogens with zero attached hydrogens (tertiary/aromatic N) is 5. The number of nitrogens with two attached hydrogens (primary N) is 1. The number of anilines is 3. The highest BCUT2D eigenvalue weighted by molar-refractivity contribution is 9.10. The van der Waals surface area contributed by atoms with E-state index < -0.39 is 0 Å². The molecule has 6 heterocycles. The molecule has 1 fully saturated rings. The molecule has 0 aliphatic carbocycles. The summed E-state index contributed by atoms with van der Waals surface area (Å²) >= 11 is 9.82. The van der Waals surface area contributed by atoms with Gasteiger partial charge in [0.15, 0.2) is 0 Å². The van der Waals surface area contributed by atoms with Gasteiger partial charge in [0.25, 0.3) is 0 Å². The predicted molar refractivity (Wildman–Crippen MR) is 232 cm³/mol. The lowest BCUT2D eigenvalue weighted by Crippen LogP contribution is -2.41. The van der Waals surface area contributed by atoms with E-state index in [-0.39, 0.29) is 25.7 Å². The van der Waals surface area contributed by atoms with Crippen LogP contribution in [0.25, 0.3) is 31.6 Å². The number of nitrogens with one attached hydrogen (secondary N) is 2. The molecule has 8 rings (SSSR count). The Kier molecular flexibility index (Phi) is 14.9. The van der Waals surface area contributed by atoms with Crippen molar-refractivity contribution in [2.75, 3.05) is 30.5 Å². The lowest BCUT2D eigenvalue weighted by molar-refractivity contribution is 0.00578. The molecule has 0 saturated carbocycles. The van der Waals surface area contributed by atoms with Crippen LogP contribution in [0.4, 0.5) is 17.5 Å². The fourth-order valence-corrected chi connectivity index (χ4v) is 6.45. The summed E-state index contributed by atoms with van der Waals surface area (Å²) in [6.45, 7) is 8.26. The molecule has 1 aliphatic rings. The van der Waals surface area contributed by atoms with Crippen LogP contribution in [0, 0.1) is 0 Å².